The van der Waals surface area contributed by atoms with E-state index in [0.29, 0.717) is 5.75 Å². The molecule has 0 aliphatic rings. The van der Waals surface area contributed by atoms with Crippen molar-refractivity contribution in [3.05, 3.63) is 46.2 Å². The molecule has 0 atom stereocenters. The molecule has 1 aromatic carbocycles. The fourth-order valence-corrected chi connectivity index (χ4v) is 3.00. The number of anilines is 1. The van der Waals surface area contributed by atoms with Crippen LogP contribution in [0.25, 0.3) is 0 Å². The number of amides is 1. The van der Waals surface area contributed by atoms with Crippen LogP contribution in [0, 0.1) is 13.8 Å². The second-order valence-electron chi connectivity index (χ2n) is 7.05. The SMILES string of the molecule is CCOC(=O)c1c(NC(=O)COc2cc(C)ccc2C(C)C)oc(C)c1C(C)=O. The predicted octanol–water partition coefficient (Wildman–Crippen LogP) is 4.42. The largest absolute Gasteiger partial charge is 0.483 e. The zero-order valence-electron chi connectivity index (χ0n) is 17.7. The number of aryl methyl sites for hydroxylation is 2. The maximum Gasteiger partial charge on any atom is 0.344 e. The monoisotopic (exact) mass is 401 g/mol. The number of furan rings is 1. The Balaban J connectivity index is 2.22. The standard InChI is InChI=1S/C22H27NO6/c1-7-27-22(26)20-19(14(5)24)15(6)29-21(20)23-18(25)11-28-17-10-13(4)8-9-16(17)12(2)3/h8-10,12H,7,11H2,1-6H3,(H,23,25). The van der Waals surface area contributed by atoms with E-state index in [1.807, 2.05) is 39.0 Å². The normalized spacial score (nSPS) is 10.7. The van der Waals surface area contributed by atoms with Gasteiger partial charge in [-0.2, -0.15) is 0 Å². The van der Waals surface area contributed by atoms with Crippen molar-refractivity contribution in [3.8, 4) is 5.75 Å². The second-order valence-corrected chi connectivity index (χ2v) is 7.05. The molecule has 1 amide bonds. The van der Waals surface area contributed by atoms with Crippen molar-refractivity contribution in [1.82, 2.24) is 0 Å². The van der Waals surface area contributed by atoms with E-state index in [1.165, 1.54) is 6.92 Å². The van der Waals surface area contributed by atoms with Crippen molar-refractivity contribution in [2.45, 2.75) is 47.5 Å². The van der Waals surface area contributed by atoms with E-state index in [9.17, 15) is 14.4 Å². The van der Waals surface area contributed by atoms with Gasteiger partial charge in [-0.05, 0) is 50.8 Å². The van der Waals surface area contributed by atoms with Crippen LogP contribution in [0.15, 0.2) is 22.6 Å². The van der Waals surface area contributed by atoms with E-state index in [1.54, 1.807) is 13.8 Å². The first-order valence-electron chi connectivity index (χ1n) is 9.50. The van der Waals surface area contributed by atoms with Crippen LogP contribution >= 0.6 is 0 Å². The van der Waals surface area contributed by atoms with Crippen LogP contribution in [0.3, 0.4) is 0 Å². The quantitative estimate of drug-likeness (QED) is 0.520. The molecule has 2 aromatic rings. The Labute approximate surface area is 170 Å². The smallest absolute Gasteiger partial charge is 0.344 e. The van der Waals surface area contributed by atoms with Gasteiger partial charge in [0.25, 0.3) is 5.91 Å². The number of ether oxygens (including phenoxy) is 2. The van der Waals surface area contributed by atoms with Gasteiger partial charge >= 0.3 is 5.97 Å². The number of carbonyl (C=O) groups excluding carboxylic acids is 3. The number of nitrogens with one attached hydrogen (secondary N) is 1. The highest BCUT2D eigenvalue weighted by atomic mass is 16.5. The van der Waals surface area contributed by atoms with Gasteiger partial charge in [0, 0.05) is 0 Å². The number of ketones is 1. The lowest BCUT2D eigenvalue weighted by molar-refractivity contribution is -0.118. The zero-order chi connectivity index (χ0) is 21.7. The maximum atomic E-state index is 12.4. The molecule has 0 aliphatic heterocycles. The first-order chi connectivity index (χ1) is 13.6. The fraction of sp³-hybridized carbons (Fsp3) is 0.409. The van der Waals surface area contributed by atoms with Gasteiger partial charge in [0.1, 0.15) is 17.1 Å². The summed E-state index contributed by atoms with van der Waals surface area (Å²) in [6.45, 7) is 10.4. The summed E-state index contributed by atoms with van der Waals surface area (Å²) in [7, 11) is 0. The van der Waals surface area contributed by atoms with Gasteiger partial charge in [0.05, 0.1) is 12.2 Å². The molecular formula is C22H27NO6. The molecule has 7 heteroatoms. The first kappa shape index (κ1) is 22.2. The van der Waals surface area contributed by atoms with Gasteiger partial charge in [0.2, 0.25) is 5.88 Å². The molecule has 7 nitrogen and oxygen atoms in total. The molecule has 1 N–H and O–H groups in total. The van der Waals surface area contributed by atoms with Crippen molar-refractivity contribution in [3.63, 3.8) is 0 Å². The molecule has 2 rings (SSSR count). The number of hydrogen-bond acceptors (Lipinski definition) is 6. The molecule has 0 bridgehead atoms. The predicted molar refractivity (Wildman–Crippen MR) is 109 cm³/mol. The summed E-state index contributed by atoms with van der Waals surface area (Å²) >= 11 is 0. The Morgan fingerprint density at radius 3 is 2.41 bits per heavy atom. The topological polar surface area (TPSA) is 94.8 Å². The summed E-state index contributed by atoms with van der Waals surface area (Å²) in [6.07, 6.45) is 0. The molecule has 0 saturated heterocycles. The van der Waals surface area contributed by atoms with Crippen molar-refractivity contribution >= 4 is 23.5 Å². The van der Waals surface area contributed by atoms with Gasteiger partial charge in [-0.1, -0.05) is 26.0 Å². The highest BCUT2D eigenvalue weighted by Gasteiger charge is 2.28. The molecule has 0 unspecified atom stereocenters. The summed E-state index contributed by atoms with van der Waals surface area (Å²) in [6, 6.07) is 5.83. The van der Waals surface area contributed by atoms with Gasteiger partial charge in [-0.3, -0.25) is 14.9 Å². The maximum absolute atomic E-state index is 12.4. The van der Waals surface area contributed by atoms with Gasteiger partial charge < -0.3 is 13.9 Å². The fourth-order valence-electron chi connectivity index (χ4n) is 3.00. The Morgan fingerprint density at radius 2 is 1.83 bits per heavy atom. The Morgan fingerprint density at radius 1 is 1.14 bits per heavy atom. The van der Waals surface area contributed by atoms with Crippen LogP contribution in [0.2, 0.25) is 0 Å². The third kappa shape index (κ3) is 5.25. The number of Topliss-reactive ketones (excluding diaryl/α,β-unsaturated/α-hetero) is 1. The summed E-state index contributed by atoms with van der Waals surface area (Å²) in [5, 5.41) is 2.52. The molecule has 0 radical (unpaired) electrons. The van der Waals surface area contributed by atoms with Crippen molar-refractivity contribution < 1.29 is 28.3 Å². The second kappa shape index (κ2) is 9.41. The molecule has 0 saturated carbocycles. The van der Waals surface area contributed by atoms with Crippen molar-refractivity contribution in [1.29, 1.82) is 0 Å². The average Bonchev–Trinajstić information content (AvgIpc) is 2.96. The Bertz CT molecular complexity index is 926. The molecule has 0 spiro atoms. The van der Waals surface area contributed by atoms with E-state index >= 15 is 0 Å². The number of esters is 1. The molecule has 0 aliphatic carbocycles. The van der Waals surface area contributed by atoms with Crippen molar-refractivity contribution in [2.75, 3.05) is 18.5 Å². The summed E-state index contributed by atoms with van der Waals surface area (Å²) in [5.74, 6) is -0.629. The zero-order valence-corrected chi connectivity index (χ0v) is 17.7. The van der Waals surface area contributed by atoms with E-state index in [4.69, 9.17) is 13.9 Å². The summed E-state index contributed by atoms with van der Waals surface area (Å²) in [5.41, 5.74) is 2.02. The summed E-state index contributed by atoms with van der Waals surface area (Å²) in [4.78, 5) is 36.7. The minimum absolute atomic E-state index is 0.0800. The minimum atomic E-state index is -0.730. The third-order valence-corrected chi connectivity index (χ3v) is 4.32. The number of carbonyl (C=O) groups is 3. The van der Waals surface area contributed by atoms with E-state index in [0.717, 1.165) is 11.1 Å². The first-order valence-corrected chi connectivity index (χ1v) is 9.50. The molecule has 1 aromatic heterocycles. The van der Waals surface area contributed by atoms with Crippen LogP contribution in [-0.2, 0) is 9.53 Å². The highest BCUT2D eigenvalue weighted by molar-refractivity contribution is 6.10. The van der Waals surface area contributed by atoms with Crippen LogP contribution < -0.4 is 10.1 Å². The molecule has 1 heterocycles. The van der Waals surface area contributed by atoms with E-state index < -0.39 is 11.9 Å². The molecule has 156 valence electrons. The van der Waals surface area contributed by atoms with Gasteiger partial charge in [-0.25, -0.2) is 4.79 Å². The van der Waals surface area contributed by atoms with E-state index in [2.05, 4.69) is 5.32 Å². The average molecular weight is 401 g/mol. The lowest BCUT2D eigenvalue weighted by Crippen LogP contribution is -2.22. The number of hydrogen-bond donors (Lipinski definition) is 1. The lowest BCUT2D eigenvalue weighted by Gasteiger charge is -2.14. The minimum Gasteiger partial charge on any atom is -0.483 e. The van der Waals surface area contributed by atoms with Crippen LogP contribution in [0.5, 0.6) is 5.75 Å². The lowest BCUT2D eigenvalue weighted by atomic mass is 10.0. The van der Waals surface area contributed by atoms with Gasteiger partial charge in [-0.15, -0.1) is 0 Å². The van der Waals surface area contributed by atoms with E-state index in [-0.39, 0.29) is 47.7 Å². The van der Waals surface area contributed by atoms with Gasteiger partial charge in [0.15, 0.2) is 12.4 Å². The number of rotatable bonds is 8. The highest BCUT2D eigenvalue weighted by Crippen LogP contribution is 2.29. The molecule has 29 heavy (non-hydrogen) atoms. The molecule has 0 fully saturated rings. The Hall–Kier alpha value is -3.09. The molecular weight excluding hydrogens is 374 g/mol. The summed E-state index contributed by atoms with van der Waals surface area (Å²) < 4.78 is 16.2. The third-order valence-electron chi connectivity index (χ3n) is 4.32. The van der Waals surface area contributed by atoms with Crippen LogP contribution in [-0.4, -0.2) is 30.9 Å². The van der Waals surface area contributed by atoms with Crippen molar-refractivity contribution in [2.24, 2.45) is 0 Å². The van der Waals surface area contributed by atoms with Crippen LogP contribution in [0.1, 0.15) is 71.2 Å². The Kier molecular flexibility index (Phi) is 7.20. The van der Waals surface area contributed by atoms with Crippen LogP contribution in [0.4, 0.5) is 5.88 Å². The number of benzene rings is 1.